The summed E-state index contributed by atoms with van der Waals surface area (Å²) in [5, 5.41) is 19.6. The number of fused-ring (bicyclic) bond motifs is 6. The van der Waals surface area contributed by atoms with E-state index in [1.807, 2.05) is 59.5 Å². The minimum Gasteiger partial charge on any atom is -0.324 e. The Morgan fingerprint density at radius 2 is 0.758 bits per heavy atom. The normalized spacial score (nSPS) is 14.9. The van der Waals surface area contributed by atoms with Crippen LogP contribution >= 0.6 is 0 Å². The highest BCUT2D eigenvalue weighted by atomic mass is 32.2. The maximum Gasteiger partial charge on any atom is 0.260 e. The number of carbonyl (C=O) groups is 3. The Kier molecular flexibility index (Phi) is 14.8. The molecular weight excluding hydrogens is 1220 g/mol. The molecule has 0 bridgehead atoms. The molecule has 8 N–H and O–H groups in total. The number of amides is 3. The molecule has 0 saturated carbocycles. The Hall–Kier alpha value is -10.7. The molecule has 3 amide bonds. The Labute approximate surface area is 522 Å². The SMILES string of the molecule is CN1C(=O)c2cccc3c2N(CC3)c2nc(Nc3ccc(NS(C)(=O)=O)cc3)ncc21.CN1C(=O)c2cccc3c2N(CC3)c2nc(Nc3ccc(S(N)(=O)=O)cc3)ncc21.CN1C(=O)c2cccc3c2N(CC3)c2nc(Nc3cccc(S(N)(=O)=O)c3)ncc21. The smallest absolute Gasteiger partial charge is 0.260 e. The van der Waals surface area contributed by atoms with Crippen LogP contribution in [0.3, 0.4) is 0 Å². The van der Waals surface area contributed by atoms with Crippen LogP contribution in [0.5, 0.6) is 0 Å². The number of sulfonamides is 3. The van der Waals surface area contributed by atoms with Gasteiger partial charge in [0.15, 0.2) is 17.5 Å². The third-order valence-corrected chi connectivity index (χ3v) is 18.4. The summed E-state index contributed by atoms with van der Waals surface area (Å²) in [5.74, 6) is 2.66. The zero-order chi connectivity index (χ0) is 63.8. The number of anilines is 16. The lowest BCUT2D eigenvalue weighted by molar-refractivity contribution is 0.0986. The van der Waals surface area contributed by atoms with Gasteiger partial charge in [0.05, 0.1) is 68.4 Å². The summed E-state index contributed by atoms with van der Waals surface area (Å²) in [4.78, 5) is 77.0. The van der Waals surface area contributed by atoms with E-state index in [0.29, 0.717) is 92.4 Å². The third-order valence-electron chi connectivity index (χ3n) is 16.0. The zero-order valence-corrected chi connectivity index (χ0v) is 51.5. The first kappa shape index (κ1) is 59.3. The molecule has 30 heteroatoms. The zero-order valence-electron chi connectivity index (χ0n) is 49.0. The number of hydrogen-bond acceptors (Lipinski definition) is 21. The largest absolute Gasteiger partial charge is 0.324 e. The number of carbonyl (C=O) groups excluding carboxylic acids is 3. The van der Waals surface area contributed by atoms with Crippen molar-refractivity contribution in [3.8, 4) is 0 Å². The fourth-order valence-electron chi connectivity index (χ4n) is 11.7. The van der Waals surface area contributed by atoms with Crippen LogP contribution in [-0.4, -0.2) is 120 Å². The molecule has 27 nitrogen and oxygen atoms in total. The van der Waals surface area contributed by atoms with Crippen molar-refractivity contribution >= 4 is 140 Å². The van der Waals surface area contributed by atoms with E-state index in [2.05, 4.69) is 55.4 Å². The maximum atomic E-state index is 13.0. The van der Waals surface area contributed by atoms with Crippen LogP contribution in [0.2, 0.25) is 0 Å². The average molecular weight is 1280 g/mol. The van der Waals surface area contributed by atoms with E-state index in [1.165, 1.54) is 24.3 Å². The van der Waals surface area contributed by atoms with Gasteiger partial charge in [0.25, 0.3) is 17.7 Å². The summed E-state index contributed by atoms with van der Waals surface area (Å²) in [7, 11) is -5.77. The molecule has 0 spiro atoms. The second-order valence-corrected chi connectivity index (χ2v) is 26.8. The monoisotopic (exact) mass is 1280 g/mol. The lowest BCUT2D eigenvalue weighted by Gasteiger charge is -2.21. The van der Waals surface area contributed by atoms with E-state index in [-0.39, 0.29) is 33.5 Å². The van der Waals surface area contributed by atoms with Crippen LogP contribution in [0.1, 0.15) is 47.8 Å². The van der Waals surface area contributed by atoms with Crippen LogP contribution in [0.25, 0.3) is 0 Å². The van der Waals surface area contributed by atoms with E-state index in [1.54, 1.807) is 103 Å². The van der Waals surface area contributed by atoms with Gasteiger partial charge in [-0.25, -0.2) is 50.5 Å². The molecule has 0 atom stereocenters. The van der Waals surface area contributed by atoms with Crippen LogP contribution < -0.4 is 60.3 Å². The summed E-state index contributed by atoms with van der Waals surface area (Å²) >= 11 is 0. The average Bonchev–Trinajstić information content (AvgIpc) is 1.70. The molecule has 9 heterocycles. The first-order valence-corrected chi connectivity index (χ1v) is 33.2. The van der Waals surface area contributed by atoms with E-state index in [4.69, 9.17) is 15.3 Å². The molecule has 6 aliphatic heterocycles. The lowest BCUT2D eigenvalue weighted by Crippen LogP contribution is -2.26. The highest BCUT2D eigenvalue weighted by Crippen LogP contribution is 2.47. The van der Waals surface area contributed by atoms with Gasteiger partial charge in [-0.15, -0.1) is 0 Å². The minimum atomic E-state index is -3.82. The van der Waals surface area contributed by atoms with Crippen molar-refractivity contribution < 1.29 is 39.6 Å². The number of benzene rings is 6. The molecule has 9 aromatic rings. The number of nitrogens with two attached hydrogens (primary N) is 2. The van der Waals surface area contributed by atoms with Crippen molar-refractivity contribution in [2.45, 2.75) is 29.1 Å². The molecule has 91 heavy (non-hydrogen) atoms. The van der Waals surface area contributed by atoms with Gasteiger partial charge in [0.2, 0.25) is 47.9 Å². The highest BCUT2D eigenvalue weighted by molar-refractivity contribution is 7.92. The summed E-state index contributed by atoms with van der Waals surface area (Å²) in [6.45, 7) is 2.17. The number of rotatable bonds is 10. The van der Waals surface area contributed by atoms with Crippen molar-refractivity contribution in [1.82, 2.24) is 29.9 Å². The number of aromatic nitrogens is 6. The first-order chi connectivity index (χ1) is 43.4. The van der Waals surface area contributed by atoms with Gasteiger partial charge in [0, 0.05) is 63.5 Å². The van der Waals surface area contributed by atoms with Crippen molar-refractivity contribution in [2.24, 2.45) is 10.3 Å². The molecule has 0 radical (unpaired) electrons. The van der Waals surface area contributed by atoms with Gasteiger partial charge >= 0.3 is 0 Å². The third kappa shape index (κ3) is 11.4. The summed E-state index contributed by atoms with van der Waals surface area (Å²) in [5.41, 5.74) is 12.2. The number of primary sulfonamides is 2. The molecule has 0 unspecified atom stereocenters. The van der Waals surface area contributed by atoms with E-state index < -0.39 is 30.1 Å². The van der Waals surface area contributed by atoms with Crippen molar-refractivity contribution in [3.63, 3.8) is 0 Å². The Morgan fingerprint density at radius 1 is 0.418 bits per heavy atom. The van der Waals surface area contributed by atoms with Gasteiger partial charge < -0.3 is 45.3 Å². The van der Waals surface area contributed by atoms with Gasteiger partial charge in [-0.2, -0.15) is 15.0 Å². The second-order valence-electron chi connectivity index (χ2n) is 21.9. The molecule has 6 aliphatic rings. The molecular formula is C61H56N18O9S3. The Morgan fingerprint density at radius 3 is 1.12 bits per heavy atom. The van der Waals surface area contributed by atoms with E-state index in [0.717, 1.165) is 72.4 Å². The van der Waals surface area contributed by atoms with E-state index in [9.17, 15) is 39.6 Å². The molecule has 0 fully saturated rings. The molecule has 3 aromatic heterocycles. The standard InChI is InChI=1S/C21H20N6O3S.2C20H18N6O3S/c1-26-17-12-22-21(23-14-6-8-15(9-7-14)25-31(2,29)30)24-19(17)27-11-10-13-4-3-5-16(18(13)27)20(26)28;1-25-16-11-22-20(23-13-5-3-6-14(10-13)30(21,28)29)24-18(16)26-9-8-12-4-2-7-15(17(12)26)19(25)27;1-25-16-11-22-20(23-13-5-7-14(8-6-13)30(21,28)29)24-18(16)26-10-9-12-3-2-4-15(17(12)26)19(25)27/h3-9,12,25H,10-11H2,1-2H3,(H,22,23,24);2-7,10-11H,8-9H2,1H3,(H2,21,28,29)(H,22,23,24);2-8,11H,9-10H2,1H3,(H2,21,28,29)(H,22,23,24). The van der Waals surface area contributed by atoms with Crippen molar-refractivity contribution in [1.29, 1.82) is 0 Å². The predicted molar refractivity (Wildman–Crippen MR) is 346 cm³/mol. The molecule has 462 valence electrons. The van der Waals surface area contributed by atoms with Gasteiger partial charge in [-0.3, -0.25) is 19.1 Å². The molecule has 6 aromatic carbocycles. The molecule has 0 aliphatic carbocycles. The number of nitrogens with one attached hydrogen (secondary N) is 4. The van der Waals surface area contributed by atoms with Crippen LogP contribution in [0.15, 0.2) is 156 Å². The van der Waals surface area contributed by atoms with Gasteiger partial charge in [0.1, 0.15) is 17.1 Å². The predicted octanol–water partition coefficient (Wildman–Crippen LogP) is 7.18. The van der Waals surface area contributed by atoms with Crippen LogP contribution in [0.4, 0.5) is 92.2 Å². The Bertz CT molecular complexity index is 4870. The topological polar surface area (TPSA) is 351 Å². The minimum absolute atomic E-state index is 0.00861. The number of para-hydroxylation sites is 3. The van der Waals surface area contributed by atoms with Crippen molar-refractivity contribution in [3.05, 3.63) is 179 Å². The quantitative estimate of drug-likeness (QED) is 0.0789. The Balaban J connectivity index is 0.000000125. The second kappa shape index (κ2) is 22.7. The maximum absolute atomic E-state index is 13.0. The van der Waals surface area contributed by atoms with Crippen LogP contribution in [-0.2, 0) is 49.3 Å². The fraction of sp³-hybridized carbons (Fsp3) is 0.164. The lowest BCUT2D eigenvalue weighted by atomic mass is 10.1. The van der Waals surface area contributed by atoms with Gasteiger partial charge in [-0.05, 0) is 121 Å². The molecule has 15 rings (SSSR count). The first-order valence-electron chi connectivity index (χ1n) is 28.2. The number of nitrogens with zero attached hydrogens (tertiary/aromatic N) is 12. The summed E-state index contributed by atoms with van der Waals surface area (Å²) < 4.78 is 71.2. The highest BCUT2D eigenvalue weighted by Gasteiger charge is 2.38. The summed E-state index contributed by atoms with van der Waals surface area (Å²) in [6, 6.07) is 36.2. The molecule has 0 saturated heterocycles. The summed E-state index contributed by atoms with van der Waals surface area (Å²) in [6.07, 6.45) is 8.46. The van der Waals surface area contributed by atoms with E-state index >= 15 is 0 Å². The fourth-order valence-corrected chi connectivity index (χ4v) is 13.3. The van der Waals surface area contributed by atoms with Crippen molar-refractivity contribution in [2.75, 3.05) is 97.1 Å². The van der Waals surface area contributed by atoms with Crippen LogP contribution in [0, 0.1) is 0 Å². The van der Waals surface area contributed by atoms with Gasteiger partial charge in [-0.1, -0.05) is 42.5 Å². The number of hydrogen-bond donors (Lipinski definition) is 6.